The van der Waals surface area contributed by atoms with E-state index in [2.05, 4.69) is 27.5 Å². The van der Waals surface area contributed by atoms with Crippen molar-refractivity contribution in [3.8, 4) is 5.88 Å². The van der Waals surface area contributed by atoms with E-state index in [4.69, 9.17) is 4.74 Å². The van der Waals surface area contributed by atoms with E-state index in [9.17, 15) is 0 Å². The van der Waals surface area contributed by atoms with Crippen LogP contribution in [0.3, 0.4) is 0 Å². The summed E-state index contributed by atoms with van der Waals surface area (Å²) in [6.45, 7) is 4.86. The van der Waals surface area contributed by atoms with Crippen molar-refractivity contribution in [2.75, 3.05) is 25.0 Å². The lowest BCUT2D eigenvalue weighted by Gasteiger charge is -2.23. The quantitative estimate of drug-likeness (QED) is 0.810. The van der Waals surface area contributed by atoms with E-state index in [1.807, 2.05) is 0 Å². The van der Waals surface area contributed by atoms with Gasteiger partial charge in [-0.25, -0.2) is 4.98 Å². The number of ether oxygens (including phenoxy) is 1. The Morgan fingerprint density at radius 3 is 3.29 bits per heavy atom. The summed E-state index contributed by atoms with van der Waals surface area (Å²) in [4.78, 5) is 8.54. The highest BCUT2D eigenvalue weighted by Crippen LogP contribution is 2.12. The van der Waals surface area contributed by atoms with Crippen molar-refractivity contribution in [3.63, 3.8) is 0 Å². The summed E-state index contributed by atoms with van der Waals surface area (Å²) >= 11 is 0. The Kier molecular flexibility index (Phi) is 4.55. The van der Waals surface area contributed by atoms with Crippen LogP contribution in [0.5, 0.6) is 5.88 Å². The van der Waals surface area contributed by atoms with Gasteiger partial charge in [0.1, 0.15) is 0 Å². The third-order valence-electron chi connectivity index (χ3n) is 2.71. The van der Waals surface area contributed by atoms with Crippen molar-refractivity contribution in [1.82, 2.24) is 15.3 Å². The molecule has 2 rings (SSSR count). The van der Waals surface area contributed by atoms with Crippen LogP contribution in [-0.4, -0.2) is 35.7 Å². The minimum absolute atomic E-state index is 0.421. The Balaban J connectivity index is 1.90. The largest absolute Gasteiger partial charge is 0.478 e. The van der Waals surface area contributed by atoms with Crippen molar-refractivity contribution in [1.29, 1.82) is 0 Å². The zero-order valence-electron chi connectivity index (χ0n) is 10.3. The average Bonchev–Trinajstić information content (AvgIpc) is 2.38. The van der Waals surface area contributed by atoms with Gasteiger partial charge in [0.05, 0.1) is 6.61 Å². The van der Waals surface area contributed by atoms with E-state index in [1.54, 1.807) is 12.3 Å². The lowest BCUT2D eigenvalue weighted by Crippen LogP contribution is -2.38. The summed E-state index contributed by atoms with van der Waals surface area (Å²) in [5, 5.41) is 6.69. The van der Waals surface area contributed by atoms with Crippen LogP contribution in [0.2, 0.25) is 0 Å². The van der Waals surface area contributed by atoms with Crippen LogP contribution in [0.25, 0.3) is 0 Å². The van der Waals surface area contributed by atoms with Crippen molar-refractivity contribution in [2.24, 2.45) is 0 Å². The van der Waals surface area contributed by atoms with Crippen molar-refractivity contribution in [2.45, 2.75) is 32.2 Å². The van der Waals surface area contributed by atoms with E-state index >= 15 is 0 Å². The van der Waals surface area contributed by atoms with Gasteiger partial charge in [0.15, 0.2) is 0 Å². The van der Waals surface area contributed by atoms with Crippen LogP contribution in [0, 0.1) is 0 Å². The first-order valence-electron chi connectivity index (χ1n) is 6.31. The van der Waals surface area contributed by atoms with Gasteiger partial charge in [-0.1, -0.05) is 6.92 Å². The summed E-state index contributed by atoms with van der Waals surface area (Å²) in [6, 6.07) is 2.21. The first kappa shape index (κ1) is 12.1. The van der Waals surface area contributed by atoms with Crippen molar-refractivity contribution >= 4 is 5.95 Å². The van der Waals surface area contributed by atoms with Gasteiger partial charge in [-0.3, -0.25) is 0 Å². The van der Waals surface area contributed by atoms with Crippen LogP contribution in [0.4, 0.5) is 5.95 Å². The Hall–Kier alpha value is -1.36. The molecule has 1 aliphatic rings. The molecule has 1 unspecified atom stereocenters. The predicted molar refractivity (Wildman–Crippen MR) is 67.3 cm³/mol. The van der Waals surface area contributed by atoms with Crippen LogP contribution >= 0.6 is 0 Å². The predicted octanol–water partition coefficient (Wildman–Crippen LogP) is 1.43. The lowest BCUT2D eigenvalue weighted by atomic mass is 10.1. The summed E-state index contributed by atoms with van der Waals surface area (Å²) < 4.78 is 5.48. The van der Waals surface area contributed by atoms with Gasteiger partial charge in [-0.2, -0.15) is 4.98 Å². The van der Waals surface area contributed by atoms with Gasteiger partial charge in [-0.05, 0) is 25.8 Å². The molecule has 0 aliphatic carbocycles. The van der Waals surface area contributed by atoms with E-state index in [-0.39, 0.29) is 0 Å². The maximum absolute atomic E-state index is 5.48. The fourth-order valence-electron chi connectivity index (χ4n) is 1.86. The van der Waals surface area contributed by atoms with Crippen molar-refractivity contribution in [3.05, 3.63) is 12.3 Å². The molecule has 0 bridgehead atoms. The van der Waals surface area contributed by atoms with Gasteiger partial charge in [0.2, 0.25) is 11.8 Å². The highest BCUT2D eigenvalue weighted by atomic mass is 16.5. The summed E-state index contributed by atoms with van der Waals surface area (Å²) in [7, 11) is 0. The van der Waals surface area contributed by atoms with Crippen LogP contribution in [-0.2, 0) is 0 Å². The zero-order chi connectivity index (χ0) is 11.9. The summed E-state index contributed by atoms with van der Waals surface area (Å²) in [5.41, 5.74) is 0. The first-order chi connectivity index (χ1) is 8.38. The van der Waals surface area contributed by atoms with Crippen LogP contribution in [0.15, 0.2) is 12.3 Å². The van der Waals surface area contributed by atoms with E-state index in [0.717, 1.165) is 25.9 Å². The molecule has 1 saturated heterocycles. The van der Waals surface area contributed by atoms with E-state index in [1.165, 1.54) is 6.42 Å². The van der Waals surface area contributed by atoms with Crippen LogP contribution < -0.4 is 15.4 Å². The Morgan fingerprint density at radius 1 is 1.59 bits per heavy atom. The third kappa shape index (κ3) is 3.85. The van der Waals surface area contributed by atoms with Crippen molar-refractivity contribution < 1.29 is 4.74 Å². The molecule has 17 heavy (non-hydrogen) atoms. The van der Waals surface area contributed by atoms with E-state index in [0.29, 0.717) is 24.5 Å². The maximum Gasteiger partial charge on any atom is 0.226 e. The Bertz CT molecular complexity index is 339. The van der Waals surface area contributed by atoms with Gasteiger partial charge >= 0.3 is 0 Å². The molecular weight excluding hydrogens is 216 g/mol. The molecule has 1 aliphatic heterocycles. The molecule has 1 fully saturated rings. The number of anilines is 1. The van der Waals surface area contributed by atoms with Crippen LogP contribution in [0.1, 0.15) is 26.2 Å². The molecule has 5 nitrogen and oxygen atoms in total. The number of nitrogens with zero attached hydrogens (tertiary/aromatic N) is 2. The van der Waals surface area contributed by atoms with Gasteiger partial charge < -0.3 is 15.4 Å². The summed E-state index contributed by atoms with van der Waals surface area (Å²) in [5.74, 6) is 1.31. The monoisotopic (exact) mass is 236 g/mol. The molecule has 1 aromatic heterocycles. The number of hydrogen-bond donors (Lipinski definition) is 2. The number of hydrogen-bond acceptors (Lipinski definition) is 5. The second-order valence-corrected chi connectivity index (χ2v) is 4.25. The van der Waals surface area contributed by atoms with Gasteiger partial charge in [-0.15, -0.1) is 0 Å². The lowest BCUT2D eigenvalue weighted by molar-refractivity contribution is 0.305. The molecule has 0 aromatic carbocycles. The molecular formula is C12H20N4O. The standard InChI is InChI=1S/C12H20N4O/c1-2-8-17-11-5-7-14-12(16-11)15-10-4-3-6-13-9-10/h5,7,10,13H,2-4,6,8-9H2,1H3,(H,14,15,16). The zero-order valence-corrected chi connectivity index (χ0v) is 10.3. The second-order valence-electron chi connectivity index (χ2n) is 4.25. The highest BCUT2D eigenvalue weighted by molar-refractivity contribution is 5.29. The molecule has 0 amide bonds. The highest BCUT2D eigenvalue weighted by Gasteiger charge is 2.13. The molecule has 94 valence electrons. The third-order valence-corrected chi connectivity index (χ3v) is 2.71. The smallest absolute Gasteiger partial charge is 0.226 e. The minimum atomic E-state index is 0.421. The number of nitrogens with one attached hydrogen (secondary N) is 2. The molecule has 2 heterocycles. The normalized spacial score (nSPS) is 19.9. The molecule has 5 heteroatoms. The van der Waals surface area contributed by atoms with Gasteiger partial charge in [0.25, 0.3) is 0 Å². The fraction of sp³-hybridized carbons (Fsp3) is 0.667. The topological polar surface area (TPSA) is 59.1 Å². The number of rotatable bonds is 5. The fourth-order valence-corrected chi connectivity index (χ4v) is 1.86. The number of aromatic nitrogens is 2. The number of piperidine rings is 1. The molecule has 0 radical (unpaired) electrons. The SMILES string of the molecule is CCCOc1ccnc(NC2CCCNC2)n1. The second kappa shape index (κ2) is 6.39. The molecule has 0 spiro atoms. The molecule has 2 N–H and O–H groups in total. The molecule has 1 aromatic rings. The Labute approximate surface area is 102 Å². The minimum Gasteiger partial charge on any atom is -0.478 e. The Morgan fingerprint density at radius 2 is 2.53 bits per heavy atom. The van der Waals surface area contributed by atoms with E-state index < -0.39 is 0 Å². The van der Waals surface area contributed by atoms with Gasteiger partial charge in [0, 0.05) is 24.8 Å². The molecule has 1 atom stereocenters. The maximum atomic E-state index is 5.48. The summed E-state index contributed by atoms with van der Waals surface area (Å²) in [6.07, 6.45) is 5.08. The molecule has 0 saturated carbocycles. The first-order valence-corrected chi connectivity index (χ1v) is 6.31. The average molecular weight is 236 g/mol.